The number of sulfonamides is 1. The Hall–Kier alpha value is -1.60. The van der Waals surface area contributed by atoms with Crippen LogP contribution in [0.5, 0.6) is 0 Å². The second-order valence-corrected chi connectivity index (χ2v) is 8.63. The fourth-order valence-corrected chi connectivity index (χ4v) is 4.57. The van der Waals surface area contributed by atoms with Crippen molar-refractivity contribution in [3.8, 4) is 0 Å². The Morgan fingerprint density at radius 1 is 1.00 bits per heavy atom. The maximum Gasteiger partial charge on any atom is 0.243 e. The number of benzene rings is 2. The molecule has 0 aliphatic rings. The minimum absolute atomic E-state index is 0.218. The predicted octanol–water partition coefficient (Wildman–Crippen LogP) is 4.60. The lowest BCUT2D eigenvalue weighted by molar-refractivity contribution is -0.116. The Morgan fingerprint density at radius 3 is 2.07 bits per heavy atom. The van der Waals surface area contributed by atoms with Crippen LogP contribution in [-0.2, 0) is 21.2 Å². The van der Waals surface area contributed by atoms with E-state index in [9.17, 15) is 13.2 Å². The molecule has 2 rings (SSSR count). The maximum absolute atomic E-state index is 12.5. The highest BCUT2D eigenvalue weighted by Crippen LogP contribution is 2.29. The summed E-state index contributed by atoms with van der Waals surface area (Å²) in [5.41, 5.74) is 1.26. The van der Waals surface area contributed by atoms with Crippen molar-refractivity contribution in [2.45, 2.75) is 31.6 Å². The van der Waals surface area contributed by atoms with E-state index in [-0.39, 0.29) is 17.2 Å². The van der Waals surface area contributed by atoms with Crippen LogP contribution < -0.4 is 5.32 Å². The van der Waals surface area contributed by atoms with Gasteiger partial charge in [-0.2, -0.15) is 4.31 Å². The molecule has 0 unspecified atom stereocenters. The van der Waals surface area contributed by atoms with Gasteiger partial charge < -0.3 is 5.32 Å². The predicted molar refractivity (Wildman–Crippen MR) is 110 cm³/mol. The fourth-order valence-electron chi connectivity index (χ4n) is 2.62. The summed E-state index contributed by atoms with van der Waals surface area (Å²) < 4.78 is 26.4. The van der Waals surface area contributed by atoms with Crippen LogP contribution in [0.4, 0.5) is 5.69 Å². The summed E-state index contributed by atoms with van der Waals surface area (Å²) in [6.07, 6.45) is 0.698. The molecule has 2 aromatic carbocycles. The fraction of sp³-hybridized carbons (Fsp3) is 0.316. The second kappa shape index (κ2) is 9.55. The van der Waals surface area contributed by atoms with Crippen molar-refractivity contribution in [2.75, 3.05) is 18.4 Å². The van der Waals surface area contributed by atoms with E-state index in [1.807, 2.05) is 0 Å². The lowest BCUT2D eigenvalue weighted by Gasteiger charge is -2.18. The minimum Gasteiger partial charge on any atom is -0.324 e. The molecule has 0 fully saturated rings. The zero-order chi connectivity index (χ0) is 20.0. The number of para-hydroxylation sites is 1. The lowest BCUT2D eigenvalue weighted by Crippen LogP contribution is -2.30. The van der Waals surface area contributed by atoms with Crippen molar-refractivity contribution in [1.29, 1.82) is 0 Å². The number of hydrogen-bond donors (Lipinski definition) is 1. The molecule has 0 saturated carbocycles. The molecular weight excluding hydrogens is 407 g/mol. The topological polar surface area (TPSA) is 66.5 Å². The molecule has 0 heterocycles. The second-order valence-electron chi connectivity index (χ2n) is 5.88. The van der Waals surface area contributed by atoms with Crippen LogP contribution in [0, 0.1) is 0 Å². The number of nitrogens with zero attached hydrogens (tertiary/aromatic N) is 1. The summed E-state index contributed by atoms with van der Waals surface area (Å²) in [6, 6.07) is 11.6. The third-order valence-electron chi connectivity index (χ3n) is 4.13. The van der Waals surface area contributed by atoms with Crippen molar-refractivity contribution >= 4 is 44.8 Å². The number of carbonyl (C=O) groups is 1. The summed E-state index contributed by atoms with van der Waals surface area (Å²) >= 11 is 12.1. The van der Waals surface area contributed by atoms with Gasteiger partial charge in [0.25, 0.3) is 0 Å². The molecule has 0 saturated heterocycles. The van der Waals surface area contributed by atoms with Crippen LogP contribution in [0.1, 0.15) is 25.8 Å². The quantitative estimate of drug-likeness (QED) is 0.667. The van der Waals surface area contributed by atoms with Gasteiger partial charge in [-0.25, -0.2) is 8.42 Å². The molecule has 5 nitrogen and oxygen atoms in total. The first-order valence-electron chi connectivity index (χ1n) is 8.62. The first kappa shape index (κ1) is 21.7. The average Bonchev–Trinajstić information content (AvgIpc) is 2.64. The zero-order valence-corrected chi connectivity index (χ0v) is 17.5. The molecule has 1 N–H and O–H groups in total. The van der Waals surface area contributed by atoms with E-state index in [1.54, 1.807) is 56.3 Å². The first-order chi connectivity index (χ1) is 12.8. The molecule has 0 spiro atoms. The van der Waals surface area contributed by atoms with Crippen LogP contribution in [0.2, 0.25) is 10.0 Å². The van der Waals surface area contributed by atoms with Gasteiger partial charge in [0.1, 0.15) is 0 Å². The molecule has 8 heteroatoms. The molecule has 27 heavy (non-hydrogen) atoms. The smallest absolute Gasteiger partial charge is 0.243 e. The van der Waals surface area contributed by atoms with E-state index in [1.165, 1.54) is 4.31 Å². The highest BCUT2D eigenvalue weighted by Gasteiger charge is 2.21. The average molecular weight is 429 g/mol. The molecule has 1 amide bonds. The highest BCUT2D eigenvalue weighted by molar-refractivity contribution is 7.89. The third-order valence-corrected chi connectivity index (χ3v) is 6.83. The van der Waals surface area contributed by atoms with Gasteiger partial charge in [0.15, 0.2) is 0 Å². The normalized spacial score (nSPS) is 11.6. The van der Waals surface area contributed by atoms with E-state index < -0.39 is 10.0 Å². The molecule has 2 aromatic rings. The van der Waals surface area contributed by atoms with Gasteiger partial charge in [0.2, 0.25) is 15.9 Å². The van der Waals surface area contributed by atoms with Gasteiger partial charge in [-0.3, -0.25) is 4.79 Å². The molecule has 0 aromatic heterocycles. The summed E-state index contributed by atoms with van der Waals surface area (Å²) in [4.78, 5) is 12.4. The van der Waals surface area contributed by atoms with E-state index in [4.69, 9.17) is 23.2 Å². The van der Waals surface area contributed by atoms with Gasteiger partial charge in [-0.1, -0.05) is 55.2 Å². The van der Waals surface area contributed by atoms with Crippen LogP contribution >= 0.6 is 23.2 Å². The van der Waals surface area contributed by atoms with Crippen LogP contribution in [0.3, 0.4) is 0 Å². The number of halogens is 2. The molecule has 0 aliphatic heterocycles. The number of anilines is 1. The number of hydrogen-bond acceptors (Lipinski definition) is 3. The van der Waals surface area contributed by atoms with Crippen LogP contribution in [-0.4, -0.2) is 31.7 Å². The van der Waals surface area contributed by atoms with E-state index in [0.717, 1.165) is 5.56 Å². The highest BCUT2D eigenvalue weighted by atomic mass is 35.5. The number of rotatable bonds is 8. The zero-order valence-electron chi connectivity index (χ0n) is 15.2. The Balaban J connectivity index is 2.00. The lowest BCUT2D eigenvalue weighted by atomic mass is 10.1. The number of aryl methyl sites for hydroxylation is 1. The first-order valence-corrected chi connectivity index (χ1v) is 10.8. The molecular formula is C19H22Cl2N2O3S. The van der Waals surface area contributed by atoms with Gasteiger partial charge in [-0.15, -0.1) is 0 Å². The van der Waals surface area contributed by atoms with E-state index >= 15 is 0 Å². The Labute approximate surface area is 170 Å². The molecule has 0 aliphatic carbocycles. The van der Waals surface area contributed by atoms with E-state index in [2.05, 4.69) is 5.32 Å². The van der Waals surface area contributed by atoms with Gasteiger partial charge >= 0.3 is 0 Å². The minimum atomic E-state index is -3.47. The maximum atomic E-state index is 12.5. The molecule has 0 bridgehead atoms. The molecule has 0 radical (unpaired) electrons. The number of carbonyl (C=O) groups excluding carboxylic acids is 1. The summed E-state index contributed by atoms with van der Waals surface area (Å²) in [6.45, 7) is 4.45. The largest absolute Gasteiger partial charge is 0.324 e. The summed E-state index contributed by atoms with van der Waals surface area (Å²) in [5, 5.41) is 3.46. The van der Waals surface area contributed by atoms with Gasteiger partial charge in [-0.05, 0) is 36.2 Å². The van der Waals surface area contributed by atoms with Gasteiger partial charge in [0.05, 0.1) is 20.6 Å². The standard InChI is InChI=1S/C19H22Cl2N2O3S/c1-3-23(4-2)27(25,26)15-11-8-14(9-12-15)10-13-18(24)22-19-16(20)6-5-7-17(19)21/h5-9,11-12H,3-4,10,13H2,1-2H3,(H,22,24). The monoisotopic (exact) mass is 428 g/mol. The van der Waals surface area contributed by atoms with Crippen molar-refractivity contribution < 1.29 is 13.2 Å². The molecule has 146 valence electrons. The Morgan fingerprint density at radius 2 is 1.56 bits per heavy atom. The van der Waals surface area contributed by atoms with Crippen molar-refractivity contribution in [3.05, 3.63) is 58.1 Å². The van der Waals surface area contributed by atoms with Gasteiger partial charge in [0, 0.05) is 19.5 Å². The van der Waals surface area contributed by atoms with Crippen LogP contribution in [0.15, 0.2) is 47.4 Å². The number of nitrogens with one attached hydrogen (secondary N) is 1. The van der Waals surface area contributed by atoms with E-state index in [0.29, 0.717) is 35.2 Å². The summed E-state index contributed by atoms with van der Waals surface area (Å²) in [7, 11) is -3.47. The summed E-state index contributed by atoms with van der Waals surface area (Å²) in [5.74, 6) is -0.218. The number of amides is 1. The van der Waals surface area contributed by atoms with Crippen LogP contribution in [0.25, 0.3) is 0 Å². The van der Waals surface area contributed by atoms with Crippen molar-refractivity contribution in [2.24, 2.45) is 0 Å². The molecule has 0 atom stereocenters. The Kier molecular flexibility index (Phi) is 7.68. The Bertz CT molecular complexity index is 875. The SMILES string of the molecule is CCN(CC)S(=O)(=O)c1ccc(CCC(=O)Nc2c(Cl)cccc2Cl)cc1. The van der Waals surface area contributed by atoms with Crippen molar-refractivity contribution in [1.82, 2.24) is 4.31 Å². The van der Waals surface area contributed by atoms with Crippen molar-refractivity contribution in [3.63, 3.8) is 0 Å². The third kappa shape index (κ3) is 5.45.